The Morgan fingerprint density at radius 3 is 2.50 bits per heavy atom. The zero-order chi connectivity index (χ0) is 20.1. The lowest BCUT2D eigenvalue weighted by Gasteiger charge is -2.12. The van der Waals surface area contributed by atoms with E-state index in [1.54, 1.807) is 0 Å². The number of nitrogens with zero attached hydrogens (tertiary/aromatic N) is 3. The molecule has 0 spiro atoms. The molecule has 2 aromatic carbocycles. The Labute approximate surface area is 173 Å². The summed E-state index contributed by atoms with van der Waals surface area (Å²) in [7, 11) is 1.88. The van der Waals surface area contributed by atoms with Crippen LogP contribution >= 0.6 is 23.4 Å². The third kappa shape index (κ3) is 4.85. The molecule has 0 saturated heterocycles. The van der Waals surface area contributed by atoms with Crippen molar-refractivity contribution in [3.05, 3.63) is 53.6 Å². The second kappa shape index (κ2) is 9.12. The number of thioether (sulfide) groups is 1. The van der Waals surface area contributed by atoms with Crippen molar-refractivity contribution < 1.29 is 9.53 Å². The molecule has 0 bridgehead atoms. The minimum atomic E-state index is -0.340. The van der Waals surface area contributed by atoms with Crippen LogP contribution in [0.4, 0.5) is 5.69 Å². The maximum Gasteiger partial charge on any atom is 0.237 e. The summed E-state index contributed by atoms with van der Waals surface area (Å²) in [6.07, 6.45) is 0. The quantitative estimate of drug-likeness (QED) is 0.567. The number of carbonyl (C=O) groups excluding carboxylic acids is 1. The molecule has 3 rings (SSSR count). The number of amides is 1. The lowest BCUT2D eigenvalue weighted by atomic mass is 10.2. The van der Waals surface area contributed by atoms with E-state index < -0.39 is 0 Å². The van der Waals surface area contributed by atoms with Gasteiger partial charge in [0, 0.05) is 23.3 Å². The Balaban J connectivity index is 1.64. The van der Waals surface area contributed by atoms with E-state index in [1.807, 2.05) is 74.0 Å². The summed E-state index contributed by atoms with van der Waals surface area (Å²) >= 11 is 7.29. The number of aromatic nitrogens is 3. The Hall–Kier alpha value is -2.51. The average molecular weight is 417 g/mol. The molecule has 0 fully saturated rings. The third-order valence-electron chi connectivity index (χ3n) is 4.02. The monoisotopic (exact) mass is 416 g/mol. The van der Waals surface area contributed by atoms with Crippen molar-refractivity contribution in [2.45, 2.75) is 24.3 Å². The molecule has 0 aliphatic heterocycles. The number of halogens is 1. The molecule has 0 saturated carbocycles. The van der Waals surface area contributed by atoms with E-state index in [9.17, 15) is 4.79 Å². The molecule has 1 N–H and O–H groups in total. The maximum absolute atomic E-state index is 12.5. The van der Waals surface area contributed by atoms with Crippen molar-refractivity contribution in [3.63, 3.8) is 0 Å². The van der Waals surface area contributed by atoms with Crippen molar-refractivity contribution in [2.24, 2.45) is 7.05 Å². The lowest BCUT2D eigenvalue weighted by Crippen LogP contribution is -2.22. The van der Waals surface area contributed by atoms with Crippen LogP contribution in [0.5, 0.6) is 5.75 Å². The van der Waals surface area contributed by atoms with E-state index >= 15 is 0 Å². The molecule has 6 nitrogen and oxygen atoms in total. The van der Waals surface area contributed by atoms with E-state index in [2.05, 4.69) is 15.5 Å². The first kappa shape index (κ1) is 20.2. The third-order valence-corrected chi connectivity index (χ3v) is 5.41. The summed E-state index contributed by atoms with van der Waals surface area (Å²) < 4.78 is 7.28. The second-order valence-corrected chi connectivity index (χ2v) is 7.82. The smallest absolute Gasteiger partial charge is 0.237 e. The number of benzene rings is 2. The van der Waals surface area contributed by atoms with Crippen LogP contribution in [0.25, 0.3) is 11.4 Å². The first-order chi connectivity index (χ1) is 13.5. The molecular weight excluding hydrogens is 396 g/mol. The topological polar surface area (TPSA) is 69.0 Å². The van der Waals surface area contributed by atoms with Gasteiger partial charge in [-0.2, -0.15) is 0 Å². The molecule has 1 amide bonds. The molecule has 0 aliphatic carbocycles. The standard InChI is InChI=1S/C20H21ClN4O2S/c1-4-27-17-11-9-16(10-12-17)22-19(26)13(2)28-20-24-23-18(25(20)3)14-5-7-15(21)8-6-14/h5-13H,4H2,1-3H3,(H,22,26)/t13-/m1/s1. The van der Waals surface area contributed by atoms with Gasteiger partial charge in [0.2, 0.25) is 5.91 Å². The highest BCUT2D eigenvalue weighted by Gasteiger charge is 2.19. The van der Waals surface area contributed by atoms with Gasteiger partial charge in [-0.25, -0.2) is 0 Å². The second-order valence-electron chi connectivity index (χ2n) is 6.08. The Kier molecular flexibility index (Phi) is 6.59. The molecule has 146 valence electrons. The van der Waals surface area contributed by atoms with Crippen LogP contribution < -0.4 is 10.1 Å². The van der Waals surface area contributed by atoms with Crippen LogP contribution in [0, 0.1) is 0 Å². The number of carbonyl (C=O) groups is 1. The van der Waals surface area contributed by atoms with E-state index in [0.717, 1.165) is 22.8 Å². The number of hydrogen-bond acceptors (Lipinski definition) is 5. The fourth-order valence-electron chi connectivity index (χ4n) is 2.52. The summed E-state index contributed by atoms with van der Waals surface area (Å²) in [5.41, 5.74) is 1.64. The van der Waals surface area contributed by atoms with Gasteiger partial charge in [0.1, 0.15) is 5.75 Å². The predicted octanol–water partition coefficient (Wildman–Crippen LogP) is 4.65. The Bertz CT molecular complexity index is 942. The van der Waals surface area contributed by atoms with Gasteiger partial charge in [-0.3, -0.25) is 4.79 Å². The maximum atomic E-state index is 12.5. The largest absolute Gasteiger partial charge is 0.494 e. The molecule has 3 aromatic rings. The molecule has 28 heavy (non-hydrogen) atoms. The highest BCUT2D eigenvalue weighted by atomic mass is 35.5. The zero-order valence-electron chi connectivity index (χ0n) is 15.8. The summed E-state index contributed by atoms with van der Waals surface area (Å²) in [5, 5.41) is 12.4. The Morgan fingerprint density at radius 2 is 1.86 bits per heavy atom. The van der Waals surface area contributed by atoms with E-state index in [1.165, 1.54) is 11.8 Å². The molecule has 0 unspecified atom stereocenters. The first-order valence-electron chi connectivity index (χ1n) is 8.83. The molecule has 1 heterocycles. The van der Waals surface area contributed by atoms with Gasteiger partial charge in [0.05, 0.1) is 11.9 Å². The summed E-state index contributed by atoms with van der Waals surface area (Å²) in [6.45, 7) is 4.37. The minimum absolute atomic E-state index is 0.106. The van der Waals surface area contributed by atoms with Crippen molar-refractivity contribution in [1.29, 1.82) is 0 Å². The summed E-state index contributed by atoms with van der Waals surface area (Å²) in [5.74, 6) is 1.39. The van der Waals surface area contributed by atoms with E-state index in [4.69, 9.17) is 16.3 Å². The van der Waals surface area contributed by atoms with Gasteiger partial charge in [-0.1, -0.05) is 23.4 Å². The highest BCUT2D eigenvalue weighted by molar-refractivity contribution is 8.00. The Morgan fingerprint density at radius 1 is 1.18 bits per heavy atom. The summed E-state index contributed by atoms with van der Waals surface area (Å²) in [6, 6.07) is 14.7. The van der Waals surface area contributed by atoms with Gasteiger partial charge >= 0.3 is 0 Å². The van der Waals surface area contributed by atoms with Gasteiger partial charge in [0.15, 0.2) is 11.0 Å². The number of rotatable bonds is 7. The molecule has 0 radical (unpaired) electrons. The molecule has 8 heteroatoms. The van der Waals surface area contributed by atoms with E-state index in [-0.39, 0.29) is 11.2 Å². The fraction of sp³-hybridized carbons (Fsp3) is 0.250. The molecule has 1 atom stereocenters. The van der Waals surface area contributed by atoms with Gasteiger partial charge < -0.3 is 14.6 Å². The molecule has 1 aromatic heterocycles. The van der Waals surface area contributed by atoms with Crippen molar-refractivity contribution in [1.82, 2.24) is 14.8 Å². The average Bonchev–Trinajstić information content (AvgIpc) is 3.04. The van der Waals surface area contributed by atoms with E-state index in [0.29, 0.717) is 16.8 Å². The van der Waals surface area contributed by atoms with Gasteiger partial charge in [-0.15, -0.1) is 10.2 Å². The number of anilines is 1. The lowest BCUT2D eigenvalue weighted by molar-refractivity contribution is -0.115. The number of hydrogen-bond donors (Lipinski definition) is 1. The minimum Gasteiger partial charge on any atom is -0.494 e. The van der Waals surface area contributed by atoms with Crippen molar-refractivity contribution in [2.75, 3.05) is 11.9 Å². The van der Waals surface area contributed by atoms with Crippen molar-refractivity contribution >= 4 is 35.0 Å². The van der Waals surface area contributed by atoms with Crippen LogP contribution in [-0.4, -0.2) is 32.5 Å². The van der Waals surface area contributed by atoms with Crippen molar-refractivity contribution in [3.8, 4) is 17.1 Å². The molecule has 0 aliphatic rings. The van der Waals surface area contributed by atoms with Crippen LogP contribution in [0.2, 0.25) is 5.02 Å². The SMILES string of the molecule is CCOc1ccc(NC(=O)[C@@H](C)Sc2nnc(-c3ccc(Cl)cc3)n2C)cc1. The first-order valence-corrected chi connectivity index (χ1v) is 10.1. The fourth-order valence-corrected chi connectivity index (χ4v) is 3.47. The molecular formula is C20H21ClN4O2S. The van der Waals surface area contributed by atoms with Crippen LogP contribution in [0.15, 0.2) is 53.7 Å². The zero-order valence-corrected chi connectivity index (χ0v) is 17.4. The van der Waals surface area contributed by atoms with Crippen LogP contribution in [0.3, 0.4) is 0 Å². The summed E-state index contributed by atoms with van der Waals surface area (Å²) in [4.78, 5) is 12.5. The van der Waals surface area contributed by atoms with Gasteiger partial charge in [0.25, 0.3) is 0 Å². The normalized spacial score (nSPS) is 11.9. The van der Waals surface area contributed by atoms with Gasteiger partial charge in [-0.05, 0) is 62.4 Å². The highest BCUT2D eigenvalue weighted by Crippen LogP contribution is 2.27. The van der Waals surface area contributed by atoms with Crippen LogP contribution in [-0.2, 0) is 11.8 Å². The number of ether oxygens (including phenoxy) is 1. The number of nitrogens with one attached hydrogen (secondary N) is 1. The van der Waals surface area contributed by atoms with Crippen LogP contribution in [0.1, 0.15) is 13.8 Å². The predicted molar refractivity (Wildman–Crippen MR) is 113 cm³/mol.